The lowest BCUT2D eigenvalue weighted by atomic mass is 9.84. The molecule has 1 saturated carbocycles. The van der Waals surface area contributed by atoms with E-state index in [-0.39, 0.29) is 23.6 Å². The van der Waals surface area contributed by atoms with E-state index < -0.39 is 4.92 Å². The van der Waals surface area contributed by atoms with Gasteiger partial charge in [-0.1, -0.05) is 18.6 Å². The molecule has 1 amide bonds. The molecule has 0 aromatic heterocycles. The van der Waals surface area contributed by atoms with Gasteiger partial charge in [0.15, 0.2) is 0 Å². The lowest BCUT2D eigenvalue weighted by molar-refractivity contribution is -0.384. The van der Waals surface area contributed by atoms with E-state index in [9.17, 15) is 14.9 Å². The van der Waals surface area contributed by atoms with Crippen LogP contribution in [0, 0.1) is 16.0 Å². The van der Waals surface area contributed by atoms with E-state index in [1.807, 2.05) is 13.0 Å². The summed E-state index contributed by atoms with van der Waals surface area (Å²) in [5.74, 6) is 0.288. The summed E-state index contributed by atoms with van der Waals surface area (Å²) in [7, 11) is 1.77. The van der Waals surface area contributed by atoms with E-state index in [1.165, 1.54) is 12.1 Å². The maximum atomic E-state index is 12.2. The lowest BCUT2D eigenvalue weighted by Gasteiger charge is -2.33. The number of hydrogen-bond acceptors (Lipinski definition) is 3. The Morgan fingerprint density at radius 1 is 1.47 bits per heavy atom. The summed E-state index contributed by atoms with van der Waals surface area (Å²) in [5.41, 5.74) is 0.859. The third kappa shape index (κ3) is 2.75. The molecule has 1 atom stereocenters. The van der Waals surface area contributed by atoms with Crippen molar-refractivity contribution in [2.45, 2.75) is 32.2 Å². The smallest absolute Gasteiger partial charge is 0.269 e. The standard InChI is InChI=1S/C14H18N2O3/c1-10(15(2)14(17)11-5-3-6-11)12-7-4-8-13(9-12)16(18)19/h4,7-11H,3,5-6H2,1-2H3. The van der Waals surface area contributed by atoms with Crippen molar-refractivity contribution in [1.82, 2.24) is 4.90 Å². The van der Waals surface area contributed by atoms with Crippen molar-refractivity contribution >= 4 is 11.6 Å². The van der Waals surface area contributed by atoms with Crippen LogP contribution in [0.3, 0.4) is 0 Å². The molecule has 2 rings (SSSR count). The Morgan fingerprint density at radius 3 is 2.68 bits per heavy atom. The Hall–Kier alpha value is -1.91. The Balaban J connectivity index is 2.13. The molecule has 0 saturated heterocycles. The summed E-state index contributed by atoms with van der Waals surface area (Å²) < 4.78 is 0. The highest BCUT2D eigenvalue weighted by molar-refractivity contribution is 5.79. The second-order valence-electron chi connectivity index (χ2n) is 5.11. The molecular weight excluding hydrogens is 244 g/mol. The molecule has 1 fully saturated rings. The highest BCUT2D eigenvalue weighted by atomic mass is 16.6. The number of non-ortho nitro benzene ring substituents is 1. The van der Waals surface area contributed by atoms with Crippen LogP contribution in [-0.2, 0) is 4.79 Å². The van der Waals surface area contributed by atoms with Gasteiger partial charge >= 0.3 is 0 Å². The van der Waals surface area contributed by atoms with E-state index in [0.717, 1.165) is 24.8 Å². The number of benzene rings is 1. The number of nitro benzene ring substituents is 1. The van der Waals surface area contributed by atoms with Crippen molar-refractivity contribution in [3.8, 4) is 0 Å². The highest BCUT2D eigenvalue weighted by Crippen LogP contribution is 2.31. The largest absolute Gasteiger partial charge is 0.339 e. The first-order valence-corrected chi connectivity index (χ1v) is 6.51. The van der Waals surface area contributed by atoms with E-state index in [0.29, 0.717) is 0 Å². The molecule has 1 unspecified atom stereocenters. The monoisotopic (exact) mass is 262 g/mol. The van der Waals surface area contributed by atoms with Crippen molar-refractivity contribution in [2.75, 3.05) is 7.05 Å². The second-order valence-corrected chi connectivity index (χ2v) is 5.11. The summed E-state index contributed by atoms with van der Waals surface area (Å²) in [4.78, 5) is 24.2. The van der Waals surface area contributed by atoms with Crippen molar-refractivity contribution in [1.29, 1.82) is 0 Å². The molecule has 19 heavy (non-hydrogen) atoms. The van der Waals surface area contributed by atoms with Gasteiger partial charge in [0.1, 0.15) is 0 Å². The summed E-state index contributed by atoms with van der Waals surface area (Å²) in [6.07, 6.45) is 3.05. The van der Waals surface area contributed by atoms with Gasteiger partial charge in [0.05, 0.1) is 11.0 Å². The summed E-state index contributed by atoms with van der Waals surface area (Å²) in [5, 5.41) is 10.8. The van der Waals surface area contributed by atoms with Gasteiger partial charge in [-0.3, -0.25) is 14.9 Å². The number of rotatable bonds is 4. The molecule has 0 spiro atoms. The number of nitrogens with zero attached hydrogens (tertiary/aromatic N) is 2. The molecule has 0 N–H and O–H groups in total. The van der Waals surface area contributed by atoms with E-state index >= 15 is 0 Å². The van der Waals surface area contributed by atoms with Gasteiger partial charge < -0.3 is 4.90 Å². The SMILES string of the molecule is CC(c1cccc([N+](=O)[O-])c1)N(C)C(=O)C1CCC1. The molecule has 0 radical (unpaired) electrons. The van der Waals surface area contributed by atoms with Crippen LogP contribution in [0.5, 0.6) is 0 Å². The number of carbonyl (C=O) groups excluding carboxylic acids is 1. The molecule has 1 aliphatic rings. The summed E-state index contributed by atoms with van der Waals surface area (Å²) in [6.45, 7) is 1.90. The average Bonchev–Trinajstić information content (AvgIpc) is 2.35. The minimum Gasteiger partial charge on any atom is -0.339 e. The molecule has 0 bridgehead atoms. The molecule has 1 aromatic carbocycles. The molecule has 0 aliphatic heterocycles. The fourth-order valence-electron chi connectivity index (χ4n) is 2.26. The Kier molecular flexibility index (Phi) is 3.83. The van der Waals surface area contributed by atoms with E-state index in [2.05, 4.69) is 0 Å². The van der Waals surface area contributed by atoms with Gasteiger partial charge in [0.2, 0.25) is 5.91 Å². The van der Waals surface area contributed by atoms with Gasteiger partial charge in [-0.2, -0.15) is 0 Å². The van der Waals surface area contributed by atoms with Gasteiger partial charge in [0, 0.05) is 25.1 Å². The number of hydrogen-bond donors (Lipinski definition) is 0. The first kappa shape index (κ1) is 13.5. The topological polar surface area (TPSA) is 63.5 Å². The first-order valence-electron chi connectivity index (χ1n) is 6.51. The van der Waals surface area contributed by atoms with Crippen LogP contribution < -0.4 is 0 Å². The van der Waals surface area contributed by atoms with Crippen molar-refractivity contribution < 1.29 is 9.72 Å². The highest BCUT2D eigenvalue weighted by Gasteiger charge is 2.30. The maximum Gasteiger partial charge on any atom is 0.269 e. The minimum absolute atomic E-state index is 0.0637. The van der Waals surface area contributed by atoms with Crippen LogP contribution >= 0.6 is 0 Å². The zero-order chi connectivity index (χ0) is 14.0. The Bertz CT molecular complexity index is 497. The van der Waals surface area contributed by atoms with Crippen LogP contribution in [0.2, 0.25) is 0 Å². The normalized spacial score (nSPS) is 16.5. The molecule has 5 heteroatoms. The predicted octanol–water partition coefficient (Wildman–Crippen LogP) is 2.91. The van der Waals surface area contributed by atoms with Crippen molar-refractivity contribution in [3.05, 3.63) is 39.9 Å². The van der Waals surface area contributed by atoms with Crippen LogP contribution in [0.4, 0.5) is 5.69 Å². The third-order valence-electron chi connectivity index (χ3n) is 3.95. The number of nitro groups is 1. The van der Waals surface area contributed by atoms with Gasteiger partial charge in [-0.15, -0.1) is 0 Å². The third-order valence-corrected chi connectivity index (χ3v) is 3.95. The molecular formula is C14H18N2O3. The number of carbonyl (C=O) groups is 1. The zero-order valence-electron chi connectivity index (χ0n) is 11.2. The van der Waals surface area contributed by atoms with Crippen LogP contribution in [-0.4, -0.2) is 22.8 Å². The van der Waals surface area contributed by atoms with E-state index in [1.54, 1.807) is 18.0 Å². The molecule has 0 heterocycles. The molecule has 1 aliphatic carbocycles. The summed E-state index contributed by atoms with van der Waals surface area (Å²) >= 11 is 0. The molecule has 5 nitrogen and oxygen atoms in total. The minimum atomic E-state index is -0.413. The van der Waals surface area contributed by atoms with Gasteiger partial charge in [-0.05, 0) is 25.3 Å². The second kappa shape index (κ2) is 5.38. The van der Waals surface area contributed by atoms with Crippen LogP contribution in [0.15, 0.2) is 24.3 Å². The first-order chi connectivity index (χ1) is 9.00. The van der Waals surface area contributed by atoms with Crippen molar-refractivity contribution in [2.24, 2.45) is 5.92 Å². The Morgan fingerprint density at radius 2 is 2.16 bits per heavy atom. The molecule has 102 valence electrons. The van der Waals surface area contributed by atoms with Gasteiger partial charge in [-0.25, -0.2) is 0 Å². The predicted molar refractivity (Wildman–Crippen MR) is 71.6 cm³/mol. The maximum absolute atomic E-state index is 12.2. The molecule has 1 aromatic rings. The van der Waals surface area contributed by atoms with Crippen molar-refractivity contribution in [3.63, 3.8) is 0 Å². The fraction of sp³-hybridized carbons (Fsp3) is 0.500. The average molecular weight is 262 g/mol. The van der Waals surface area contributed by atoms with Gasteiger partial charge in [0.25, 0.3) is 5.69 Å². The lowest BCUT2D eigenvalue weighted by Crippen LogP contribution is -2.37. The van der Waals surface area contributed by atoms with Crippen LogP contribution in [0.1, 0.15) is 37.8 Å². The number of amides is 1. The quantitative estimate of drug-likeness (QED) is 0.619. The summed E-state index contributed by atoms with van der Waals surface area (Å²) in [6, 6.07) is 6.33. The van der Waals surface area contributed by atoms with E-state index in [4.69, 9.17) is 0 Å². The fourth-order valence-corrected chi connectivity index (χ4v) is 2.26. The zero-order valence-corrected chi connectivity index (χ0v) is 11.2. The Labute approximate surface area is 112 Å². The van der Waals surface area contributed by atoms with Crippen LogP contribution in [0.25, 0.3) is 0 Å².